The molecule has 0 fully saturated rings. The van der Waals surface area contributed by atoms with Gasteiger partial charge in [-0.1, -0.05) is 32.0 Å². The Labute approximate surface area is 175 Å². The largest absolute Gasteiger partial charge is 0.462 e. The molecule has 0 saturated carbocycles. The number of carbonyl (C=O) groups excluding carboxylic acids is 1. The van der Waals surface area contributed by atoms with Crippen LogP contribution >= 0.6 is 23.6 Å². The Morgan fingerprint density at radius 2 is 2.11 bits per heavy atom. The molecule has 2 aromatic rings. The van der Waals surface area contributed by atoms with Gasteiger partial charge in [-0.2, -0.15) is 0 Å². The van der Waals surface area contributed by atoms with Crippen LogP contribution in [0.2, 0.25) is 0 Å². The van der Waals surface area contributed by atoms with Crippen molar-refractivity contribution in [2.45, 2.75) is 46.8 Å². The monoisotopic (exact) mass is 418 g/mol. The highest BCUT2D eigenvalue weighted by atomic mass is 32.1. The van der Waals surface area contributed by atoms with Crippen molar-refractivity contribution in [2.24, 2.45) is 5.92 Å². The molecule has 2 N–H and O–H groups in total. The predicted molar refractivity (Wildman–Crippen MR) is 118 cm³/mol. The van der Waals surface area contributed by atoms with E-state index in [2.05, 4.69) is 24.5 Å². The van der Waals surface area contributed by atoms with E-state index in [1.54, 1.807) is 0 Å². The lowest BCUT2D eigenvalue weighted by Crippen LogP contribution is -2.27. The number of hydrogen-bond donors (Lipinski definition) is 2. The molecule has 1 aliphatic heterocycles. The van der Waals surface area contributed by atoms with Crippen LogP contribution in [-0.4, -0.2) is 23.8 Å². The number of carbonyl (C=O) groups is 1. The number of aryl methyl sites for hydroxylation is 1. The SMILES string of the molecule is CCOC(=O)c1c(NC(=S)Nc2ccccc2C)sc2c1C[C@@H](C(C)C)OC2. The smallest absolute Gasteiger partial charge is 0.341 e. The molecule has 7 heteroatoms. The van der Waals surface area contributed by atoms with Gasteiger partial charge in [0.25, 0.3) is 0 Å². The zero-order valence-corrected chi connectivity index (χ0v) is 18.3. The van der Waals surface area contributed by atoms with Crippen molar-refractivity contribution in [3.05, 3.63) is 45.8 Å². The summed E-state index contributed by atoms with van der Waals surface area (Å²) in [5.74, 6) is 0.0638. The summed E-state index contributed by atoms with van der Waals surface area (Å²) >= 11 is 7.00. The minimum Gasteiger partial charge on any atom is -0.462 e. The predicted octanol–water partition coefficient (Wildman–Crippen LogP) is 5.14. The molecule has 1 aromatic carbocycles. The van der Waals surface area contributed by atoms with Gasteiger partial charge in [0.2, 0.25) is 0 Å². The number of para-hydroxylation sites is 1. The highest BCUT2D eigenvalue weighted by molar-refractivity contribution is 7.80. The Morgan fingerprint density at radius 3 is 2.79 bits per heavy atom. The molecule has 0 unspecified atom stereocenters. The number of rotatable bonds is 5. The number of thiophene rings is 1. The molecule has 0 saturated heterocycles. The number of fused-ring (bicyclic) bond motifs is 1. The second-order valence-corrected chi connectivity index (χ2v) is 8.63. The van der Waals surface area contributed by atoms with E-state index in [0.717, 1.165) is 21.7 Å². The van der Waals surface area contributed by atoms with Crippen LogP contribution in [0, 0.1) is 12.8 Å². The summed E-state index contributed by atoms with van der Waals surface area (Å²) in [6.07, 6.45) is 0.803. The van der Waals surface area contributed by atoms with Gasteiger partial charge in [0.05, 0.1) is 24.9 Å². The first kappa shape index (κ1) is 20.8. The van der Waals surface area contributed by atoms with E-state index in [9.17, 15) is 4.79 Å². The molecule has 0 radical (unpaired) electrons. The highest BCUT2D eigenvalue weighted by Gasteiger charge is 2.31. The first-order valence-corrected chi connectivity index (χ1v) is 10.7. The number of hydrogen-bond acceptors (Lipinski definition) is 5. The van der Waals surface area contributed by atoms with Crippen molar-refractivity contribution >= 4 is 45.3 Å². The van der Waals surface area contributed by atoms with Gasteiger partial charge in [-0.15, -0.1) is 11.3 Å². The summed E-state index contributed by atoms with van der Waals surface area (Å²) < 4.78 is 11.3. The number of nitrogens with one attached hydrogen (secondary N) is 2. The molecule has 0 spiro atoms. The Morgan fingerprint density at radius 1 is 1.36 bits per heavy atom. The Balaban J connectivity index is 1.87. The molecule has 5 nitrogen and oxygen atoms in total. The molecule has 0 bridgehead atoms. The fraction of sp³-hybridized carbons (Fsp3) is 0.429. The molecule has 1 aliphatic rings. The fourth-order valence-electron chi connectivity index (χ4n) is 3.19. The van der Waals surface area contributed by atoms with Gasteiger partial charge in [0.15, 0.2) is 5.11 Å². The second kappa shape index (κ2) is 9.03. The molecule has 28 heavy (non-hydrogen) atoms. The van der Waals surface area contributed by atoms with Crippen LogP contribution in [0.25, 0.3) is 0 Å². The summed E-state index contributed by atoms with van der Waals surface area (Å²) in [6, 6.07) is 7.92. The van der Waals surface area contributed by atoms with Crippen molar-refractivity contribution in [1.29, 1.82) is 0 Å². The summed E-state index contributed by atoms with van der Waals surface area (Å²) in [5.41, 5.74) is 3.64. The molecule has 2 heterocycles. The highest BCUT2D eigenvalue weighted by Crippen LogP contribution is 2.39. The zero-order chi connectivity index (χ0) is 20.3. The average Bonchev–Trinajstić information content (AvgIpc) is 3.00. The number of esters is 1. The van der Waals surface area contributed by atoms with Crippen LogP contribution in [0.3, 0.4) is 0 Å². The molecule has 1 atom stereocenters. The maximum atomic E-state index is 12.7. The van der Waals surface area contributed by atoms with E-state index in [0.29, 0.717) is 41.2 Å². The van der Waals surface area contributed by atoms with E-state index in [1.165, 1.54) is 11.3 Å². The van der Waals surface area contributed by atoms with Crippen molar-refractivity contribution in [3.63, 3.8) is 0 Å². The van der Waals surface area contributed by atoms with Crippen LogP contribution < -0.4 is 10.6 Å². The lowest BCUT2D eigenvalue weighted by molar-refractivity contribution is 0.00124. The molecule has 150 valence electrons. The number of thiocarbonyl (C=S) groups is 1. The third kappa shape index (κ3) is 4.54. The van der Waals surface area contributed by atoms with Crippen LogP contribution in [-0.2, 0) is 22.5 Å². The topological polar surface area (TPSA) is 59.6 Å². The maximum absolute atomic E-state index is 12.7. The number of anilines is 2. The third-order valence-corrected chi connectivity index (χ3v) is 6.09. The summed E-state index contributed by atoms with van der Waals surface area (Å²) in [7, 11) is 0. The molecule has 3 rings (SSSR count). The van der Waals surface area contributed by atoms with E-state index in [-0.39, 0.29) is 12.1 Å². The summed E-state index contributed by atoms with van der Waals surface area (Å²) in [5, 5.41) is 7.57. The van der Waals surface area contributed by atoms with Gasteiger partial charge >= 0.3 is 5.97 Å². The van der Waals surface area contributed by atoms with Gasteiger partial charge in [0, 0.05) is 17.0 Å². The minimum atomic E-state index is -0.314. The van der Waals surface area contributed by atoms with Gasteiger partial charge < -0.3 is 20.1 Å². The number of benzene rings is 1. The molecule has 0 amide bonds. The van der Waals surface area contributed by atoms with Gasteiger partial charge in [0.1, 0.15) is 5.00 Å². The van der Waals surface area contributed by atoms with Crippen LogP contribution in [0.15, 0.2) is 24.3 Å². The fourth-order valence-corrected chi connectivity index (χ4v) is 4.61. The van der Waals surface area contributed by atoms with E-state index in [1.807, 2.05) is 38.1 Å². The lowest BCUT2D eigenvalue weighted by atomic mass is 9.94. The van der Waals surface area contributed by atoms with E-state index in [4.69, 9.17) is 21.7 Å². The van der Waals surface area contributed by atoms with Crippen molar-refractivity contribution in [2.75, 3.05) is 17.2 Å². The summed E-state index contributed by atoms with van der Waals surface area (Å²) in [4.78, 5) is 13.8. The second-order valence-electron chi connectivity index (χ2n) is 7.12. The maximum Gasteiger partial charge on any atom is 0.341 e. The lowest BCUT2D eigenvalue weighted by Gasteiger charge is -2.26. The molecule has 0 aliphatic carbocycles. The van der Waals surface area contributed by atoms with Crippen LogP contribution in [0.1, 0.15) is 47.1 Å². The summed E-state index contributed by atoms with van der Waals surface area (Å²) in [6.45, 7) is 8.93. The van der Waals surface area contributed by atoms with Crippen molar-refractivity contribution in [1.82, 2.24) is 0 Å². The minimum absolute atomic E-state index is 0.0974. The first-order valence-electron chi connectivity index (χ1n) is 9.47. The Bertz CT molecular complexity index is 877. The average molecular weight is 419 g/mol. The van der Waals surface area contributed by atoms with Gasteiger partial charge in [-0.25, -0.2) is 4.79 Å². The van der Waals surface area contributed by atoms with Crippen LogP contribution in [0.5, 0.6) is 0 Å². The van der Waals surface area contributed by atoms with E-state index < -0.39 is 0 Å². The van der Waals surface area contributed by atoms with E-state index >= 15 is 0 Å². The normalized spacial score (nSPS) is 15.8. The zero-order valence-electron chi connectivity index (χ0n) is 16.6. The Kier molecular flexibility index (Phi) is 6.69. The van der Waals surface area contributed by atoms with Crippen LogP contribution in [0.4, 0.5) is 10.7 Å². The molecular formula is C21H26N2O3S2. The van der Waals surface area contributed by atoms with Crippen molar-refractivity contribution < 1.29 is 14.3 Å². The molecule has 1 aromatic heterocycles. The first-order chi connectivity index (χ1) is 13.4. The van der Waals surface area contributed by atoms with Gasteiger partial charge in [-0.3, -0.25) is 0 Å². The van der Waals surface area contributed by atoms with Gasteiger partial charge in [-0.05, 0) is 49.2 Å². The molecular weight excluding hydrogens is 392 g/mol. The van der Waals surface area contributed by atoms with Crippen molar-refractivity contribution in [3.8, 4) is 0 Å². The quantitative estimate of drug-likeness (QED) is 0.518. The standard InChI is InChI=1S/C21H26N2O3S2/c1-5-25-20(24)18-14-10-16(12(2)3)26-11-17(14)28-19(18)23-21(27)22-15-9-7-6-8-13(15)4/h6-9,12,16H,5,10-11H2,1-4H3,(H2,22,23,27)/t16-/m0/s1. The third-order valence-electron chi connectivity index (χ3n) is 4.77. The number of ether oxygens (including phenoxy) is 2. The Hall–Kier alpha value is -1.96.